The number of benzene rings is 2. The molecule has 24 heavy (non-hydrogen) atoms. The maximum atomic E-state index is 4.45. The molecule has 0 aliphatic heterocycles. The topological polar surface area (TPSA) is 42.9 Å². The van der Waals surface area contributed by atoms with Crippen LogP contribution in [0.3, 0.4) is 0 Å². The molecule has 0 unspecified atom stereocenters. The third-order valence-electron chi connectivity index (χ3n) is 3.42. The van der Waals surface area contributed by atoms with Crippen molar-refractivity contribution in [2.45, 2.75) is 0 Å². The van der Waals surface area contributed by atoms with E-state index in [1.54, 1.807) is 0 Å². The molecule has 0 saturated heterocycles. The molecule has 0 saturated carbocycles. The Hall–Kier alpha value is -2.95. The van der Waals surface area contributed by atoms with E-state index in [9.17, 15) is 0 Å². The highest BCUT2D eigenvalue weighted by Gasteiger charge is 1.99. The number of hydrogen-bond donors (Lipinski definition) is 2. The molecule has 0 aromatic heterocycles. The van der Waals surface area contributed by atoms with Gasteiger partial charge in [0.15, 0.2) is 0 Å². The summed E-state index contributed by atoms with van der Waals surface area (Å²) in [4.78, 5) is 2.04. The number of nitrogens with one attached hydrogen (secondary N) is 2. The van der Waals surface area contributed by atoms with Gasteiger partial charge < -0.3 is 15.5 Å². The first-order valence-electron chi connectivity index (χ1n) is 7.91. The minimum absolute atomic E-state index is 0.746. The second-order valence-corrected chi connectivity index (χ2v) is 5.40. The molecule has 2 N–H and O–H groups in total. The van der Waals surface area contributed by atoms with E-state index in [4.69, 9.17) is 0 Å². The number of para-hydroxylation sites is 1. The van der Waals surface area contributed by atoms with Crippen LogP contribution in [0.4, 0.5) is 17.1 Å². The highest BCUT2D eigenvalue weighted by molar-refractivity contribution is 5.65. The number of rotatable bonds is 8. The first-order valence-corrected chi connectivity index (χ1v) is 7.91. The summed E-state index contributed by atoms with van der Waals surface area (Å²) in [7, 11) is 5.83. The van der Waals surface area contributed by atoms with Crippen molar-refractivity contribution in [2.24, 2.45) is 5.10 Å². The molecule has 126 valence electrons. The number of nitrogens with zero attached hydrogens (tertiary/aromatic N) is 3. The Balaban J connectivity index is 1.89. The lowest BCUT2D eigenvalue weighted by atomic mass is 10.2. The predicted octanol–water partition coefficient (Wildman–Crippen LogP) is 3.47. The van der Waals surface area contributed by atoms with E-state index >= 15 is 0 Å². The van der Waals surface area contributed by atoms with Gasteiger partial charge in [-0.3, -0.25) is 5.01 Å². The van der Waals surface area contributed by atoms with E-state index < -0.39 is 0 Å². The van der Waals surface area contributed by atoms with Crippen molar-refractivity contribution in [2.75, 3.05) is 38.0 Å². The third kappa shape index (κ3) is 5.68. The van der Waals surface area contributed by atoms with Crippen LogP contribution >= 0.6 is 0 Å². The Kier molecular flexibility index (Phi) is 6.71. The van der Waals surface area contributed by atoms with Gasteiger partial charge >= 0.3 is 0 Å². The maximum Gasteiger partial charge on any atom is 0.0591 e. The molecule has 0 aliphatic carbocycles. The first-order chi connectivity index (χ1) is 11.7. The molecule has 0 bridgehead atoms. The fraction of sp³-hybridized carbons (Fsp3) is 0.211. The van der Waals surface area contributed by atoms with Gasteiger partial charge in [0, 0.05) is 51.1 Å². The van der Waals surface area contributed by atoms with Gasteiger partial charge in [-0.25, -0.2) is 0 Å². The lowest BCUT2D eigenvalue weighted by molar-refractivity contribution is 0.525. The van der Waals surface area contributed by atoms with Gasteiger partial charge in [-0.15, -0.1) is 0 Å². The van der Waals surface area contributed by atoms with Crippen molar-refractivity contribution in [3.05, 3.63) is 67.0 Å². The van der Waals surface area contributed by atoms with Crippen molar-refractivity contribution in [3.63, 3.8) is 0 Å². The molecule has 2 rings (SSSR count). The van der Waals surface area contributed by atoms with E-state index in [0.717, 1.165) is 23.6 Å². The van der Waals surface area contributed by atoms with Crippen LogP contribution in [0.1, 0.15) is 0 Å². The minimum atomic E-state index is 0.746. The fourth-order valence-corrected chi connectivity index (χ4v) is 2.07. The van der Waals surface area contributed by atoms with Gasteiger partial charge in [0.2, 0.25) is 0 Å². The second-order valence-electron chi connectivity index (χ2n) is 5.40. The zero-order chi connectivity index (χ0) is 17.2. The summed E-state index contributed by atoms with van der Waals surface area (Å²) in [6, 6.07) is 18.3. The Morgan fingerprint density at radius 1 is 0.958 bits per heavy atom. The van der Waals surface area contributed by atoms with Gasteiger partial charge in [-0.2, -0.15) is 5.10 Å². The largest absolute Gasteiger partial charge is 0.393 e. The SMILES string of the molecule is CN/C=C\N(C)C/C=N/N(C)c1ccc(Nc2ccccc2)cc1. The van der Waals surface area contributed by atoms with E-state index in [-0.39, 0.29) is 0 Å². The normalized spacial score (nSPS) is 11.0. The maximum absolute atomic E-state index is 4.45. The molecule has 0 amide bonds. The van der Waals surface area contributed by atoms with Crippen molar-refractivity contribution in [1.29, 1.82) is 0 Å². The van der Waals surface area contributed by atoms with Crippen molar-refractivity contribution in [1.82, 2.24) is 10.2 Å². The molecule has 0 heterocycles. The first kappa shape index (κ1) is 17.4. The molecule has 0 aliphatic rings. The van der Waals surface area contributed by atoms with Gasteiger partial charge in [0.25, 0.3) is 0 Å². The Labute approximate surface area is 144 Å². The van der Waals surface area contributed by atoms with Gasteiger partial charge in [0.1, 0.15) is 0 Å². The zero-order valence-electron chi connectivity index (χ0n) is 14.5. The molecule has 0 fully saturated rings. The molecule has 0 radical (unpaired) electrons. The van der Waals surface area contributed by atoms with Crippen LogP contribution in [-0.2, 0) is 0 Å². The second kappa shape index (κ2) is 9.25. The van der Waals surface area contributed by atoms with Crippen LogP contribution < -0.4 is 15.6 Å². The van der Waals surface area contributed by atoms with Gasteiger partial charge in [-0.1, -0.05) is 18.2 Å². The highest BCUT2D eigenvalue weighted by Crippen LogP contribution is 2.20. The van der Waals surface area contributed by atoms with Gasteiger partial charge in [-0.05, 0) is 36.4 Å². The third-order valence-corrected chi connectivity index (χ3v) is 3.42. The molecule has 5 nitrogen and oxygen atoms in total. The summed E-state index contributed by atoms with van der Waals surface area (Å²) in [6.45, 7) is 0.746. The van der Waals surface area contributed by atoms with Crippen molar-refractivity contribution < 1.29 is 0 Å². The standard InChI is InChI=1S/C19H25N5/c1-20-13-15-23(2)16-14-21-24(3)19-11-9-18(10-12-19)22-17-7-5-4-6-8-17/h4-15,20,22H,16H2,1-3H3/b15-13-,21-14+. The number of anilines is 3. The average molecular weight is 323 g/mol. The summed E-state index contributed by atoms with van der Waals surface area (Å²) < 4.78 is 0. The molecule has 0 spiro atoms. The van der Waals surface area contributed by atoms with Crippen LogP contribution in [0.5, 0.6) is 0 Å². The summed E-state index contributed by atoms with van der Waals surface area (Å²) in [6.07, 6.45) is 5.74. The summed E-state index contributed by atoms with van der Waals surface area (Å²) >= 11 is 0. The van der Waals surface area contributed by atoms with Crippen molar-refractivity contribution >= 4 is 23.3 Å². The molecular weight excluding hydrogens is 298 g/mol. The fourth-order valence-electron chi connectivity index (χ4n) is 2.07. The molecule has 2 aromatic carbocycles. The number of hydrogen-bond acceptors (Lipinski definition) is 5. The average Bonchev–Trinajstić information content (AvgIpc) is 2.61. The molecule has 0 atom stereocenters. The molecule has 2 aromatic rings. The lowest BCUT2D eigenvalue weighted by Gasteiger charge is -2.15. The lowest BCUT2D eigenvalue weighted by Crippen LogP contribution is -2.17. The zero-order valence-corrected chi connectivity index (χ0v) is 14.5. The van der Waals surface area contributed by atoms with Crippen LogP contribution in [0.15, 0.2) is 72.1 Å². The minimum Gasteiger partial charge on any atom is -0.393 e. The number of hydrazone groups is 1. The van der Waals surface area contributed by atoms with Crippen LogP contribution in [-0.4, -0.2) is 38.8 Å². The van der Waals surface area contributed by atoms with E-state index in [2.05, 4.69) is 27.9 Å². The van der Waals surface area contributed by atoms with E-state index in [0.29, 0.717) is 0 Å². The van der Waals surface area contributed by atoms with E-state index in [1.165, 1.54) is 0 Å². The summed E-state index contributed by atoms with van der Waals surface area (Å²) in [5, 5.41) is 12.6. The van der Waals surface area contributed by atoms with Gasteiger partial charge in [0.05, 0.1) is 12.2 Å². The summed E-state index contributed by atoms with van der Waals surface area (Å²) in [5.74, 6) is 0. The van der Waals surface area contributed by atoms with Crippen LogP contribution in [0, 0.1) is 0 Å². The quantitative estimate of drug-likeness (QED) is 0.577. The predicted molar refractivity (Wildman–Crippen MR) is 104 cm³/mol. The van der Waals surface area contributed by atoms with E-state index in [1.807, 2.05) is 92.1 Å². The molecule has 5 heteroatoms. The Morgan fingerprint density at radius 2 is 1.62 bits per heavy atom. The monoisotopic (exact) mass is 323 g/mol. The van der Waals surface area contributed by atoms with Crippen LogP contribution in [0.25, 0.3) is 0 Å². The summed E-state index contributed by atoms with van der Waals surface area (Å²) in [5.41, 5.74) is 3.17. The van der Waals surface area contributed by atoms with Crippen LogP contribution in [0.2, 0.25) is 0 Å². The molecular formula is C19H25N5. The Bertz CT molecular complexity index is 649. The highest BCUT2D eigenvalue weighted by atomic mass is 15.4. The Morgan fingerprint density at radius 3 is 2.29 bits per heavy atom. The van der Waals surface area contributed by atoms with Crippen molar-refractivity contribution in [3.8, 4) is 0 Å². The smallest absolute Gasteiger partial charge is 0.0591 e.